The Morgan fingerprint density at radius 1 is 1.00 bits per heavy atom. The Hall–Kier alpha value is -3.02. The van der Waals surface area contributed by atoms with Crippen LogP contribution in [0.3, 0.4) is 0 Å². The summed E-state index contributed by atoms with van der Waals surface area (Å²) in [7, 11) is 3.31. The molecule has 1 aliphatic rings. The third-order valence-corrected chi connectivity index (χ3v) is 4.92. The topological polar surface area (TPSA) is 59.5 Å². The van der Waals surface area contributed by atoms with Crippen molar-refractivity contribution < 1.29 is 9.47 Å². The number of hydrogen-bond acceptors (Lipinski definition) is 6. The van der Waals surface area contributed by atoms with Gasteiger partial charge in [-0.25, -0.2) is 4.98 Å². The highest BCUT2D eigenvalue weighted by Gasteiger charge is 2.18. The highest BCUT2D eigenvalue weighted by molar-refractivity contribution is 5.90. The molecule has 6 nitrogen and oxygen atoms in total. The molecule has 0 bridgehead atoms. The molecule has 0 atom stereocenters. The van der Waals surface area contributed by atoms with Crippen LogP contribution in [0.25, 0.3) is 10.9 Å². The maximum atomic E-state index is 5.48. The van der Waals surface area contributed by atoms with Gasteiger partial charge in [-0.2, -0.15) is 4.98 Å². The molecule has 4 rings (SSSR count). The summed E-state index contributed by atoms with van der Waals surface area (Å²) in [6.07, 6.45) is 2.42. The number of aromatic nitrogens is 2. The van der Waals surface area contributed by atoms with Crippen LogP contribution in [0.15, 0.2) is 42.5 Å². The molecule has 27 heavy (non-hydrogen) atoms. The van der Waals surface area contributed by atoms with Crippen molar-refractivity contribution in [1.29, 1.82) is 0 Å². The molecule has 140 valence electrons. The highest BCUT2D eigenvalue weighted by atomic mass is 16.5. The van der Waals surface area contributed by atoms with Gasteiger partial charge in [-0.15, -0.1) is 0 Å². The van der Waals surface area contributed by atoms with Crippen LogP contribution in [0.5, 0.6) is 11.5 Å². The molecule has 0 aliphatic carbocycles. The Balaban J connectivity index is 1.62. The van der Waals surface area contributed by atoms with Crippen molar-refractivity contribution in [3.8, 4) is 11.5 Å². The molecule has 1 aliphatic heterocycles. The minimum absolute atomic E-state index is 0.574. The van der Waals surface area contributed by atoms with E-state index in [1.54, 1.807) is 14.2 Å². The van der Waals surface area contributed by atoms with Gasteiger partial charge in [-0.1, -0.05) is 12.1 Å². The van der Waals surface area contributed by atoms with Gasteiger partial charge in [-0.05, 0) is 37.1 Å². The number of ether oxygens (including phenoxy) is 2. The van der Waals surface area contributed by atoms with Crippen molar-refractivity contribution in [3.63, 3.8) is 0 Å². The van der Waals surface area contributed by atoms with Crippen molar-refractivity contribution in [3.05, 3.63) is 48.0 Å². The van der Waals surface area contributed by atoms with Gasteiger partial charge in [0.2, 0.25) is 5.95 Å². The predicted octanol–water partition coefficient (Wildman–Crippen LogP) is 3.86. The van der Waals surface area contributed by atoms with Crippen LogP contribution < -0.4 is 19.7 Å². The molecule has 2 heterocycles. The lowest BCUT2D eigenvalue weighted by molar-refractivity contribution is 0.391. The van der Waals surface area contributed by atoms with Gasteiger partial charge >= 0.3 is 0 Å². The number of fused-ring (bicyclic) bond motifs is 1. The molecule has 0 spiro atoms. The first-order chi connectivity index (χ1) is 13.3. The van der Waals surface area contributed by atoms with E-state index in [9.17, 15) is 0 Å². The predicted molar refractivity (Wildman–Crippen MR) is 108 cm³/mol. The van der Waals surface area contributed by atoms with E-state index in [0.29, 0.717) is 12.5 Å². The van der Waals surface area contributed by atoms with E-state index < -0.39 is 0 Å². The average molecular weight is 364 g/mol. The van der Waals surface area contributed by atoms with Gasteiger partial charge in [0.1, 0.15) is 17.3 Å². The highest BCUT2D eigenvalue weighted by Crippen LogP contribution is 2.29. The second-order valence-corrected chi connectivity index (χ2v) is 6.61. The zero-order valence-electron chi connectivity index (χ0n) is 15.7. The smallest absolute Gasteiger partial charge is 0.225 e. The lowest BCUT2D eigenvalue weighted by atomic mass is 10.2. The van der Waals surface area contributed by atoms with Crippen LogP contribution in [0.4, 0.5) is 11.8 Å². The Morgan fingerprint density at radius 3 is 2.59 bits per heavy atom. The SMILES string of the molecule is COc1ccc(CNc2nc(N3CCCC3)c3ccccc3n2)c(OC)c1. The molecule has 1 saturated heterocycles. The molecule has 1 N–H and O–H groups in total. The number of benzene rings is 2. The third-order valence-electron chi connectivity index (χ3n) is 4.92. The van der Waals surface area contributed by atoms with Crippen molar-refractivity contribution in [2.24, 2.45) is 0 Å². The van der Waals surface area contributed by atoms with Gasteiger partial charge in [0, 0.05) is 36.7 Å². The molecule has 3 aromatic rings. The quantitative estimate of drug-likeness (QED) is 0.717. The molecule has 6 heteroatoms. The summed E-state index contributed by atoms with van der Waals surface area (Å²) in [5, 5.41) is 4.46. The second-order valence-electron chi connectivity index (χ2n) is 6.61. The molecule has 1 fully saturated rings. The van der Waals surface area contributed by atoms with Gasteiger partial charge in [0.15, 0.2) is 0 Å². The second kappa shape index (κ2) is 7.70. The first kappa shape index (κ1) is 17.4. The first-order valence-corrected chi connectivity index (χ1v) is 9.25. The largest absolute Gasteiger partial charge is 0.497 e. The molecule has 0 amide bonds. The fourth-order valence-electron chi connectivity index (χ4n) is 3.48. The van der Waals surface area contributed by atoms with Crippen LogP contribution in [0.2, 0.25) is 0 Å². The van der Waals surface area contributed by atoms with E-state index in [-0.39, 0.29) is 0 Å². The molecule has 1 aromatic heterocycles. The zero-order valence-corrected chi connectivity index (χ0v) is 15.7. The summed E-state index contributed by atoms with van der Waals surface area (Å²) in [4.78, 5) is 11.9. The monoisotopic (exact) mass is 364 g/mol. The minimum Gasteiger partial charge on any atom is -0.497 e. The van der Waals surface area contributed by atoms with Crippen molar-refractivity contribution in [2.75, 3.05) is 37.5 Å². The van der Waals surface area contributed by atoms with E-state index in [1.165, 1.54) is 12.8 Å². The normalized spacial score (nSPS) is 13.8. The molecule has 0 radical (unpaired) electrons. The Kier molecular flexibility index (Phi) is 4.96. The van der Waals surface area contributed by atoms with Crippen LogP contribution in [-0.4, -0.2) is 37.3 Å². The Morgan fingerprint density at radius 2 is 1.81 bits per heavy atom. The number of anilines is 2. The fourth-order valence-corrected chi connectivity index (χ4v) is 3.48. The number of para-hydroxylation sites is 1. The first-order valence-electron chi connectivity index (χ1n) is 9.25. The zero-order chi connectivity index (χ0) is 18.6. The van der Waals surface area contributed by atoms with E-state index in [2.05, 4.69) is 16.3 Å². The standard InChI is InChI=1S/C21H24N4O2/c1-26-16-10-9-15(19(13-16)27-2)14-22-21-23-18-8-4-3-7-17(18)20(24-21)25-11-5-6-12-25/h3-4,7-10,13H,5-6,11-12,14H2,1-2H3,(H,22,23,24). The maximum Gasteiger partial charge on any atom is 0.225 e. The fraction of sp³-hybridized carbons (Fsp3) is 0.333. The van der Waals surface area contributed by atoms with Crippen LogP contribution >= 0.6 is 0 Å². The van der Waals surface area contributed by atoms with Crippen molar-refractivity contribution in [2.45, 2.75) is 19.4 Å². The van der Waals surface area contributed by atoms with Gasteiger partial charge in [-0.3, -0.25) is 0 Å². The van der Waals surface area contributed by atoms with Crippen LogP contribution in [0.1, 0.15) is 18.4 Å². The van der Waals surface area contributed by atoms with Crippen LogP contribution in [-0.2, 0) is 6.54 Å². The van der Waals surface area contributed by atoms with Gasteiger partial charge < -0.3 is 19.7 Å². The van der Waals surface area contributed by atoms with E-state index in [4.69, 9.17) is 19.4 Å². The molecule has 2 aromatic carbocycles. The summed E-state index contributed by atoms with van der Waals surface area (Å²) in [6, 6.07) is 14.0. The van der Waals surface area contributed by atoms with E-state index in [1.807, 2.05) is 36.4 Å². The molecule has 0 saturated carbocycles. The number of hydrogen-bond donors (Lipinski definition) is 1. The molecular weight excluding hydrogens is 340 g/mol. The van der Waals surface area contributed by atoms with E-state index >= 15 is 0 Å². The molecule has 0 unspecified atom stereocenters. The average Bonchev–Trinajstić information content (AvgIpc) is 3.26. The van der Waals surface area contributed by atoms with Crippen molar-refractivity contribution in [1.82, 2.24) is 9.97 Å². The number of nitrogens with zero attached hydrogens (tertiary/aromatic N) is 3. The van der Waals surface area contributed by atoms with Crippen LogP contribution in [0, 0.1) is 0 Å². The Labute approximate surface area is 159 Å². The summed E-state index contributed by atoms with van der Waals surface area (Å²) in [6.45, 7) is 2.67. The van der Waals surface area contributed by atoms with Gasteiger partial charge in [0.05, 0.1) is 19.7 Å². The summed E-state index contributed by atoms with van der Waals surface area (Å²) >= 11 is 0. The number of methoxy groups -OCH3 is 2. The Bertz CT molecular complexity index is 939. The summed E-state index contributed by atoms with van der Waals surface area (Å²) < 4.78 is 10.7. The third kappa shape index (κ3) is 3.60. The summed E-state index contributed by atoms with van der Waals surface area (Å²) in [5.41, 5.74) is 1.98. The lowest BCUT2D eigenvalue weighted by Crippen LogP contribution is -2.20. The lowest BCUT2D eigenvalue weighted by Gasteiger charge is -2.19. The maximum absolute atomic E-state index is 5.48. The van der Waals surface area contributed by atoms with Crippen molar-refractivity contribution >= 4 is 22.7 Å². The summed E-state index contributed by atoms with van der Waals surface area (Å²) in [5.74, 6) is 3.20. The molecular formula is C21H24N4O2. The van der Waals surface area contributed by atoms with Gasteiger partial charge in [0.25, 0.3) is 0 Å². The van der Waals surface area contributed by atoms with E-state index in [0.717, 1.165) is 46.9 Å². The minimum atomic E-state index is 0.574. The number of rotatable bonds is 6. The number of nitrogens with one attached hydrogen (secondary N) is 1.